The van der Waals surface area contributed by atoms with E-state index in [-0.39, 0.29) is 5.56 Å². The molecule has 0 atom stereocenters. The Balaban J connectivity index is 1.43. The predicted molar refractivity (Wildman–Crippen MR) is 128 cm³/mol. The first-order chi connectivity index (χ1) is 15.9. The number of imidazole rings is 1. The lowest BCUT2D eigenvalue weighted by Gasteiger charge is -2.33. The van der Waals surface area contributed by atoms with Gasteiger partial charge in [0.05, 0.1) is 30.3 Å². The van der Waals surface area contributed by atoms with E-state index < -0.39 is 5.97 Å². The molecule has 7 nitrogen and oxygen atoms in total. The molecule has 0 aliphatic carbocycles. The van der Waals surface area contributed by atoms with E-state index in [1.165, 1.54) is 5.56 Å². The number of likely N-dealkylation sites (tertiary alicyclic amines) is 1. The Morgan fingerprint density at radius 3 is 2.58 bits per heavy atom. The Morgan fingerprint density at radius 2 is 1.91 bits per heavy atom. The predicted octanol–water partition coefficient (Wildman–Crippen LogP) is 4.92. The quantitative estimate of drug-likeness (QED) is 0.524. The van der Waals surface area contributed by atoms with Crippen LogP contribution in [0.25, 0.3) is 11.0 Å². The van der Waals surface area contributed by atoms with Gasteiger partial charge in [0.1, 0.15) is 5.82 Å². The first-order valence-electron chi connectivity index (χ1n) is 11.6. The van der Waals surface area contributed by atoms with Gasteiger partial charge in [0, 0.05) is 25.7 Å². The van der Waals surface area contributed by atoms with E-state index in [2.05, 4.69) is 40.4 Å². The maximum atomic E-state index is 11.3. The van der Waals surface area contributed by atoms with Crippen LogP contribution in [0.5, 0.6) is 11.5 Å². The van der Waals surface area contributed by atoms with Crippen LogP contribution in [0.1, 0.15) is 54.5 Å². The maximum absolute atomic E-state index is 11.3. The van der Waals surface area contributed by atoms with Gasteiger partial charge >= 0.3 is 5.97 Å². The summed E-state index contributed by atoms with van der Waals surface area (Å²) in [4.78, 5) is 18.4. The molecule has 1 aromatic heterocycles. The number of nitrogens with zero attached hydrogens (tertiary/aromatic N) is 3. The van der Waals surface area contributed by atoms with Crippen LogP contribution in [-0.2, 0) is 6.54 Å². The molecule has 0 spiro atoms. The van der Waals surface area contributed by atoms with Gasteiger partial charge in [0.15, 0.2) is 11.5 Å². The van der Waals surface area contributed by atoms with E-state index in [0.717, 1.165) is 60.8 Å². The molecule has 33 heavy (non-hydrogen) atoms. The number of rotatable bonds is 8. The topological polar surface area (TPSA) is 76.8 Å². The largest absolute Gasteiger partial charge is 0.493 e. The van der Waals surface area contributed by atoms with Gasteiger partial charge in [-0.15, -0.1) is 0 Å². The molecule has 1 N–H and O–H groups in total. The Bertz CT molecular complexity index is 1130. The first kappa shape index (κ1) is 23.1. The lowest BCUT2D eigenvalue weighted by Crippen LogP contribution is -2.34. The van der Waals surface area contributed by atoms with Crippen LogP contribution >= 0.6 is 0 Å². The molecular weight excluding hydrogens is 418 g/mol. The highest BCUT2D eigenvalue weighted by atomic mass is 16.5. The molecule has 1 aliphatic heterocycles. The van der Waals surface area contributed by atoms with E-state index in [9.17, 15) is 9.90 Å². The highest BCUT2D eigenvalue weighted by molar-refractivity contribution is 5.92. The molecule has 3 aromatic rings. The summed E-state index contributed by atoms with van der Waals surface area (Å²) in [5.41, 5.74) is 3.26. The minimum atomic E-state index is -0.922. The van der Waals surface area contributed by atoms with Gasteiger partial charge < -0.3 is 19.1 Å². The maximum Gasteiger partial charge on any atom is 0.335 e. The van der Waals surface area contributed by atoms with Crippen LogP contribution in [0.4, 0.5) is 0 Å². The van der Waals surface area contributed by atoms with E-state index in [1.807, 2.05) is 19.1 Å². The number of fused-ring (bicyclic) bond motifs is 1. The zero-order valence-electron chi connectivity index (χ0n) is 19.9. The lowest BCUT2D eigenvalue weighted by atomic mass is 10.0. The molecular formula is C26H33N3O4. The second kappa shape index (κ2) is 9.83. The van der Waals surface area contributed by atoms with Crippen LogP contribution in [0.3, 0.4) is 0 Å². The van der Waals surface area contributed by atoms with Crippen LogP contribution in [-0.4, -0.2) is 52.3 Å². The van der Waals surface area contributed by atoms with Crippen molar-refractivity contribution >= 4 is 17.0 Å². The summed E-state index contributed by atoms with van der Waals surface area (Å²) in [5, 5.41) is 9.26. The van der Waals surface area contributed by atoms with Crippen molar-refractivity contribution in [2.45, 2.75) is 46.2 Å². The van der Waals surface area contributed by atoms with E-state index in [1.54, 1.807) is 19.2 Å². The monoisotopic (exact) mass is 451 g/mol. The second-order valence-corrected chi connectivity index (χ2v) is 9.24. The van der Waals surface area contributed by atoms with Crippen molar-refractivity contribution in [3.8, 4) is 11.5 Å². The molecule has 7 heteroatoms. The molecule has 0 amide bonds. The number of aromatic carboxylic acids is 1. The fraction of sp³-hybridized carbons (Fsp3) is 0.462. The van der Waals surface area contributed by atoms with Crippen LogP contribution in [0.2, 0.25) is 0 Å². The summed E-state index contributed by atoms with van der Waals surface area (Å²) in [5.74, 6) is 2.05. The van der Waals surface area contributed by atoms with Crippen LogP contribution < -0.4 is 9.47 Å². The number of hydrogen-bond donors (Lipinski definition) is 1. The average Bonchev–Trinajstić information content (AvgIpc) is 3.13. The Labute approximate surface area is 194 Å². The summed E-state index contributed by atoms with van der Waals surface area (Å²) in [6.07, 6.45) is 2.06. The number of carbonyl (C=O) groups is 1. The molecule has 0 bridgehead atoms. The minimum Gasteiger partial charge on any atom is -0.493 e. The van der Waals surface area contributed by atoms with E-state index in [0.29, 0.717) is 18.6 Å². The van der Waals surface area contributed by atoms with Crippen LogP contribution in [0.15, 0.2) is 36.4 Å². The SMILES string of the molecule is COc1ccc(CN2CCC(n3c(C)nc4cc(C(=O)O)ccc43)CC2)cc1OCC(C)C. The van der Waals surface area contributed by atoms with Gasteiger partial charge in [-0.05, 0) is 61.6 Å². The summed E-state index contributed by atoms with van der Waals surface area (Å²) >= 11 is 0. The second-order valence-electron chi connectivity index (χ2n) is 9.24. The van der Waals surface area contributed by atoms with Gasteiger partial charge in [-0.2, -0.15) is 0 Å². The Kier molecular flexibility index (Phi) is 6.88. The van der Waals surface area contributed by atoms with Crippen LogP contribution in [0, 0.1) is 12.8 Å². The number of benzene rings is 2. The third-order valence-electron chi connectivity index (χ3n) is 6.24. The molecule has 2 aromatic carbocycles. The highest BCUT2D eigenvalue weighted by Gasteiger charge is 2.24. The van der Waals surface area contributed by atoms with Gasteiger partial charge in [0.2, 0.25) is 0 Å². The van der Waals surface area contributed by atoms with Gasteiger partial charge in [-0.25, -0.2) is 9.78 Å². The number of methoxy groups -OCH3 is 1. The van der Waals surface area contributed by atoms with Gasteiger partial charge in [-0.1, -0.05) is 19.9 Å². The van der Waals surface area contributed by atoms with Crippen molar-refractivity contribution in [3.63, 3.8) is 0 Å². The molecule has 4 rings (SSSR count). The van der Waals surface area contributed by atoms with Gasteiger partial charge in [0.25, 0.3) is 0 Å². The molecule has 1 aliphatic rings. The van der Waals surface area contributed by atoms with Gasteiger partial charge in [-0.3, -0.25) is 4.90 Å². The fourth-order valence-electron chi connectivity index (χ4n) is 4.60. The number of hydrogen-bond acceptors (Lipinski definition) is 5. The van der Waals surface area contributed by atoms with Crippen molar-refractivity contribution in [1.82, 2.24) is 14.5 Å². The first-order valence-corrected chi connectivity index (χ1v) is 11.6. The number of carboxylic acid groups (broad SMARTS) is 1. The Hall–Kier alpha value is -3.06. The number of aromatic nitrogens is 2. The van der Waals surface area contributed by atoms with Crippen molar-refractivity contribution < 1.29 is 19.4 Å². The van der Waals surface area contributed by atoms with Crippen molar-refractivity contribution in [3.05, 3.63) is 53.3 Å². The third kappa shape index (κ3) is 5.14. The normalized spacial score (nSPS) is 15.3. The number of ether oxygens (including phenoxy) is 2. The highest BCUT2D eigenvalue weighted by Crippen LogP contribution is 2.32. The van der Waals surface area contributed by atoms with E-state index >= 15 is 0 Å². The van der Waals surface area contributed by atoms with E-state index in [4.69, 9.17) is 9.47 Å². The number of aryl methyl sites for hydroxylation is 1. The zero-order chi connectivity index (χ0) is 23.5. The molecule has 0 saturated carbocycles. The molecule has 176 valence electrons. The lowest BCUT2D eigenvalue weighted by molar-refractivity contribution is 0.0697. The zero-order valence-corrected chi connectivity index (χ0v) is 19.9. The smallest absolute Gasteiger partial charge is 0.335 e. The molecule has 0 radical (unpaired) electrons. The van der Waals surface area contributed by atoms with Crippen molar-refractivity contribution in [2.75, 3.05) is 26.8 Å². The fourth-order valence-corrected chi connectivity index (χ4v) is 4.60. The minimum absolute atomic E-state index is 0.276. The summed E-state index contributed by atoms with van der Waals surface area (Å²) in [6.45, 7) is 9.80. The number of piperidine rings is 1. The number of carboxylic acids is 1. The Morgan fingerprint density at radius 1 is 1.15 bits per heavy atom. The molecule has 0 unspecified atom stereocenters. The average molecular weight is 452 g/mol. The summed E-state index contributed by atoms with van der Waals surface area (Å²) in [7, 11) is 1.67. The third-order valence-corrected chi connectivity index (χ3v) is 6.24. The summed E-state index contributed by atoms with van der Waals surface area (Å²) in [6, 6.07) is 11.8. The summed E-state index contributed by atoms with van der Waals surface area (Å²) < 4.78 is 13.7. The standard InChI is InChI=1S/C26H33N3O4/c1-17(2)16-33-25-13-19(5-8-24(25)32-4)15-28-11-9-21(10-12-28)29-18(3)27-22-14-20(26(30)31)6-7-23(22)29/h5-8,13-14,17,21H,9-12,15-16H2,1-4H3,(H,30,31). The van der Waals surface area contributed by atoms with Crippen molar-refractivity contribution in [2.24, 2.45) is 5.92 Å². The molecule has 1 saturated heterocycles. The van der Waals surface area contributed by atoms with Crippen molar-refractivity contribution in [1.29, 1.82) is 0 Å². The molecule has 1 fully saturated rings. The molecule has 2 heterocycles.